The van der Waals surface area contributed by atoms with Crippen LogP contribution in [0, 0.1) is 5.92 Å². The maximum absolute atomic E-state index is 13.0. The van der Waals surface area contributed by atoms with Crippen LogP contribution in [0.1, 0.15) is 32.3 Å². The summed E-state index contributed by atoms with van der Waals surface area (Å²) < 4.78 is 0. The molecule has 1 aliphatic rings. The van der Waals surface area contributed by atoms with Crippen LogP contribution in [0.15, 0.2) is 24.3 Å². The number of nitrogens with two attached hydrogens (primary N) is 1. The molecule has 33 heavy (non-hydrogen) atoms. The van der Waals surface area contributed by atoms with Crippen LogP contribution in [-0.2, 0) is 25.6 Å². The highest BCUT2D eigenvalue weighted by molar-refractivity contribution is 7.80. The number of aliphatic carboxylic acids is 1. The Hall–Kier alpha value is -2.79. The Kier molecular flexibility index (Phi) is 9.54. The number of amides is 3. The largest absolute Gasteiger partial charge is 0.508 e. The summed E-state index contributed by atoms with van der Waals surface area (Å²) in [5.41, 5.74) is 6.89. The van der Waals surface area contributed by atoms with E-state index in [0.717, 1.165) is 5.56 Å². The Morgan fingerprint density at radius 2 is 1.82 bits per heavy atom. The smallest absolute Gasteiger partial charge is 0.327 e. The summed E-state index contributed by atoms with van der Waals surface area (Å²) in [4.78, 5) is 51.2. The Morgan fingerprint density at radius 3 is 2.36 bits per heavy atom. The Bertz CT molecular complexity index is 863. The lowest BCUT2D eigenvalue weighted by molar-refractivity contribution is -0.143. The lowest BCUT2D eigenvalue weighted by Gasteiger charge is -2.29. The molecule has 0 radical (unpaired) electrons. The van der Waals surface area contributed by atoms with Gasteiger partial charge in [-0.2, -0.15) is 12.6 Å². The average Bonchev–Trinajstić information content (AvgIpc) is 3.26. The van der Waals surface area contributed by atoms with Crippen molar-refractivity contribution < 1.29 is 29.4 Å². The number of hydrogen-bond acceptors (Lipinski definition) is 7. The highest BCUT2D eigenvalue weighted by Gasteiger charge is 2.38. The third-order valence-corrected chi connectivity index (χ3v) is 5.96. The first-order valence-electron chi connectivity index (χ1n) is 10.8. The van der Waals surface area contributed by atoms with Crippen molar-refractivity contribution in [2.24, 2.45) is 11.7 Å². The van der Waals surface area contributed by atoms with Crippen LogP contribution in [-0.4, -0.2) is 75.3 Å². The van der Waals surface area contributed by atoms with E-state index in [9.17, 15) is 24.3 Å². The first-order valence-corrected chi connectivity index (χ1v) is 11.5. The minimum atomic E-state index is -1.22. The number of nitrogens with zero attached hydrogens (tertiary/aromatic N) is 1. The predicted molar refractivity (Wildman–Crippen MR) is 125 cm³/mol. The fourth-order valence-corrected chi connectivity index (χ4v) is 3.97. The molecule has 0 spiro atoms. The van der Waals surface area contributed by atoms with Crippen LogP contribution in [0.25, 0.3) is 0 Å². The Balaban J connectivity index is 2.05. The number of phenolic OH excluding ortho intramolecular Hbond substituents is 1. The molecule has 3 amide bonds. The van der Waals surface area contributed by atoms with Gasteiger partial charge in [-0.3, -0.25) is 14.4 Å². The van der Waals surface area contributed by atoms with Crippen LogP contribution in [0.2, 0.25) is 0 Å². The summed E-state index contributed by atoms with van der Waals surface area (Å²) in [6, 6.07) is 2.60. The second-order valence-electron chi connectivity index (χ2n) is 8.48. The topological polar surface area (TPSA) is 162 Å². The van der Waals surface area contributed by atoms with Crippen molar-refractivity contribution in [3.63, 3.8) is 0 Å². The normalized spacial score (nSPS) is 18.5. The molecule has 4 atom stereocenters. The van der Waals surface area contributed by atoms with Gasteiger partial charge in [0.2, 0.25) is 17.7 Å². The van der Waals surface area contributed by atoms with Gasteiger partial charge >= 0.3 is 5.97 Å². The van der Waals surface area contributed by atoms with Crippen molar-refractivity contribution >= 4 is 36.3 Å². The first kappa shape index (κ1) is 26.5. The van der Waals surface area contributed by atoms with Crippen LogP contribution in [0.3, 0.4) is 0 Å². The maximum Gasteiger partial charge on any atom is 0.327 e. The molecule has 182 valence electrons. The predicted octanol–water partition coefficient (Wildman–Crippen LogP) is -0.107. The van der Waals surface area contributed by atoms with Crippen molar-refractivity contribution in [1.82, 2.24) is 15.5 Å². The summed E-state index contributed by atoms with van der Waals surface area (Å²) in [7, 11) is 0. The summed E-state index contributed by atoms with van der Waals surface area (Å²) in [5.74, 6) is -2.99. The third kappa shape index (κ3) is 7.10. The van der Waals surface area contributed by atoms with Gasteiger partial charge in [0.15, 0.2) is 0 Å². The van der Waals surface area contributed by atoms with Gasteiger partial charge in [-0.05, 0) is 42.9 Å². The number of carbonyl (C=O) groups excluding carboxylic acids is 3. The lowest BCUT2D eigenvalue weighted by Crippen LogP contribution is -2.58. The van der Waals surface area contributed by atoms with Crippen LogP contribution in [0.5, 0.6) is 5.75 Å². The molecule has 0 saturated carbocycles. The van der Waals surface area contributed by atoms with Gasteiger partial charge in [0, 0.05) is 12.3 Å². The fourth-order valence-electron chi connectivity index (χ4n) is 3.72. The van der Waals surface area contributed by atoms with Crippen molar-refractivity contribution in [2.75, 3.05) is 12.3 Å². The number of rotatable bonds is 10. The minimum Gasteiger partial charge on any atom is -0.508 e. The lowest BCUT2D eigenvalue weighted by atomic mass is 10.0. The molecule has 4 unspecified atom stereocenters. The van der Waals surface area contributed by atoms with E-state index >= 15 is 0 Å². The quantitative estimate of drug-likeness (QED) is 0.255. The van der Waals surface area contributed by atoms with Gasteiger partial charge in [-0.1, -0.05) is 26.0 Å². The van der Waals surface area contributed by atoms with Crippen molar-refractivity contribution in [1.29, 1.82) is 0 Å². The fraction of sp³-hybridized carbons (Fsp3) is 0.545. The summed E-state index contributed by atoms with van der Waals surface area (Å²) in [5, 5.41) is 23.6. The number of carboxylic acid groups (broad SMARTS) is 1. The van der Waals surface area contributed by atoms with Crippen LogP contribution in [0.4, 0.5) is 0 Å². The average molecular weight is 481 g/mol. The van der Waals surface area contributed by atoms with Crippen molar-refractivity contribution in [3.05, 3.63) is 29.8 Å². The zero-order valence-electron chi connectivity index (χ0n) is 18.7. The molecule has 0 bridgehead atoms. The number of hydrogen-bond donors (Lipinski definition) is 6. The molecular formula is C22H32N4O6S. The van der Waals surface area contributed by atoms with Crippen molar-refractivity contribution in [3.8, 4) is 5.75 Å². The van der Waals surface area contributed by atoms with Gasteiger partial charge in [0.1, 0.15) is 23.9 Å². The molecule has 2 rings (SSSR count). The van der Waals surface area contributed by atoms with Gasteiger partial charge in [0.25, 0.3) is 0 Å². The molecular weight excluding hydrogens is 448 g/mol. The number of likely N-dealkylation sites (tertiary alicyclic amines) is 1. The van der Waals surface area contributed by atoms with E-state index in [0.29, 0.717) is 19.4 Å². The van der Waals surface area contributed by atoms with Crippen LogP contribution < -0.4 is 16.4 Å². The number of aromatic hydroxyl groups is 1. The summed E-state index contributed by atoms with van der Waals surface area (Å²) in [6.45, 7) is 3.83. The highest BCUT2D eigenvalue weighted by Crippen LogP contribution is 2.20. The zero-order valence-corrected chi connectivity index (χ0v) is 19.6. The standard InChI is InChI=1S/C22H32N4O6S/c1-12(2)18(20(29)24-16(11-33)22(31)32)25-19(28)17-4-3-9-26(17)21(30)15(23)10-13-5-7-14(27)8-6-13/h5-8,12,15-18,27,33H,3-4,9-11,23H2,1-2H3,(H,24,29)(H,25,28)(H,31,32). The van der Waals surface area contributed by atoms with Crippen LogP contribution >= 0.6 is 12.6 Å². The highest BCUT2D eigenvalue weighted by atomic mass is 32.1. The molecule has 1 fully saturated rings. The molecule has 1 aromatic carbocycles. The molecule has 1 aromatic rings. The molecule has 6 N–H and O–H groups in total. The van der Waals surface area contributed by atoms with E-state index in [1.807, 2.05) is 0 Å². The Morgan fingerprint density at radius 1 is 1.18 bits per heavy atom. The van der Waals surface area contributed by atoms with Gasteiger partial charge in [-0.25, -0.2) is 4.79 Å². The number of phenols is 1. The molecule has 1 aliphatic heterocycles. The zero-order chi connectivity index (χ0) is 24.7. The Labute approximate surface area is 198 Å². The van der Waals surface area contributed by atoms with E-state index in [1.54, 1.807) is 26.0 Å². The second kappa shape index (κ2) is 11.9. The summed E-state index contributed by atoms with van der Waals surface area (Å²) in [6.07, 6.45) is 1.31. The molecule has 0 aromatic heterocycles. The molecule has 1 heterocycles. The van der Waals surface area contributed by atoms with E-state index < -0.39 is 42.0 Å². The first-order chi connectivity index (χ1) is 15.5. The van der Waals surface area contributed by atoms with E-state index in [-0.39, 0.29) is 29.7 Å². The second-order valence-corrected chi connectivity index (χ2v) is 8.84. The molecule has 11 heteroatoms. The SMILES string of the molecule is CC(C)C(NC(=O)C1CCCN1C(=O)C(N)Cc1ccc(O)cc1)C(=O)NC(CS)C(=O)O. The maximum atomic E-state index is 13.0. The summed E-state index contributed by atoms with van der Waals surface area (Å²) >= 11 is 3.93. The van der Waals surface area contributed by atoms with Gasteiger partial charge in [-0.15, -0.1) is 0 Å². The molecule has 1 saturated heterocycles. The number of nitrogens with one attached hydrogen (secondary N) is 2. The number of benzene rings is 1. The molecule has 0 aliphatic carbocycles. The van der Waals surface area contributed by atoms with E-state index in [4.69, 9.17) is 10.8 Å². The monoisotopic (exact) mass is 480 g/mol. The molecule has 10 nitrogen and oxygen atoms in total. The van der Waals surface area contributed by atoms with Crippen molar-refractivity contribution in [2.45, 2.75) is 57.3 Å². The van der Waals surface area contributed by atoms with Gasteiger partial charge < -0.3 is 31.5 Å². The van der Waals surface area contributed by atoms with E-state index in [2.05, 4.69) is 23.3 Å². The third-order valence-electron chi connectivity index (χ3n) is 5.59. The van der Waals surface area contributed by atoms with E-state index in [1.165, 1.54) is 17.0 Å². The minimum absolute atomic E-state index is 0.0936. The number of thiol groups is 1. The number of carboxylic acids is 1. The number of carbonyl (C=O) groups is 4. The van der Waals surface area contributed by atoms with Gasteiger partial charge in [0.05, 0.1) is 6.04 Å².